The number of benzene rings is 1. The van der Waals surface area contributed by atoms with Gasteiger partial charge in [-0.25, -0.2) is 4.98 Å². The van der Waals surface area contributed by atoms with Crippen molar-refractivity contribution in [3.8, 4) is 17.1 Å². The van der Waals surface area contributed by atoms with Gasteiger partial charge >= 0.3 is 6.18 Å². The molecule has 1 aliphatic rings. The zero-order valence-corrected chi connectivity index (χ0v) is 19.3. The molecule has 11 heteroatoms. The third-order valence-corrected chi connectivity index (χ3v) is 5.85. The van der Waals surface area contributed by atoms with E-state index in [0.29, 0.717) is 69.4 Å². The normalized spacial score (nSPS) is 14.6. The fourth-order valence-electron chi connectivity index (χ4n) is 3.90. The summed E-state index contributed by atoms with van der Waals surface area (Å²) in [7, 11) is 1.60. The van der Waals surface area contributed by atoms with Crippen LogP contribution in [0.25, 0.3) is 11.4 Å². The summed E-state index contributed by atoms with van der Waals surface area (Å²) in [4.78, 5) is 24.8. The van der Waals surface area contributed by atoms with Crippen LogP contribution in [-0.2, 0) is 17.4 Å². The molecule has 4 rings (SSSR count). The molecule has 8 nitrogen and oxygen atoms in total. The van der Waals surface area contributed by atoms with Crippen molar-refractivity contribution in [2.45, 2.75) is 31.9 Å². The molecule has 2 aromatic heterocycles. The fourth-order valence-corrected chi connectivity index (χ4v) is 3.90. The Labute approximate surface area is 200 Å². The Morgan fingerprint density at radius 3 is 2.57 bits per heavy atom. The summed E-state index contributed by atoms with van der Waals surface area (Å²) in [6.45, 7) is 2.22. The third kappa shape index (κ3) is 6.28. The molecule has 1 amide bonds. The van der Waals surface area contributed by atoms with Gasteiger partial charge in [-0.1, -0.05) is 5.16 Å². The van der Waals surface area contributed by atoms with Gasteiger partial charge in [0.2, 0.25) is 17.6 Å². The SMILES string of the molecule is COc1ccc(-c2noc(CCCC(=O)N3CCCN(c4ccc(C(F)(F)F)cn4)CC3)n2)cc1. The molecule has 3 aromatic rings. The smallest absolute Gasteiger partial charge is 0.417 e. The minimum absolute atomic E-state index is 0.0297. The number of alkyl halides is 3. The van der Waals surface area contributed by atoms with Crippen LogP contribution in [0.1, 0.15) is 30.7 Å². The molecule has 0 aliphatic carbocycles. The highest BCUT2D eigenvalue weighted by Gasteiger charge is 2.31. The highest BCUT2D eigenvalue weighted by Crippen LogP contribution is 2.29. The number of hydrogen-bond acceptors (Lipinski definition) is 7. The fraction of sp³-hybridized carbons (Fsp3) is 0.417. The average Bonchev–Trinajstić information content (AvgIpc) is 3.19. The topological polar surface area (TPSA) is 84.6 Å². The molecule has 0 N–H and O–H groups in total. The number of methoxy groups -OCH3 is 1. The van der Waals surface area contributed by atoms with Gasteiger partial charge in [-0.15, -0.1) is 0 Å². The molecule has 0 bridgehead atoms. The lowest BCUT2D eigenvalue weighted by Gasteiger charge is -2.23. The standard InChI is InChI=1S/C24H26F3N5O3/c1-34-19-9-6-17(7-10-19)23-29-21(35-30-23)4-2-5-22(33)32-13-3-12-31(14-15-32)20-11-8-18(16-28-20)24(25,26)27/h6-11,16H,2-5,12-15H2,1H3. The van der Waals surface area contributed by atoms with Crippen molar-refractivity contribution in [1.82, 2.24) is 20.0 Å². The molecule has 1 aliphatic heterocycles. The lowest BCUT2D eigenvalue weighted by Crippen LogP contribution is -2.35. The van der Waals surface area contributed by atoms with Crippen LogP contribution in [0.3, 0.4) is 0 Å². The van der Waals surface area contributed by atoms with Crippen LogP contribution in [0.2, 0.25) is 0 Å². The number of aromatic nitrogens is 3. The first-order valence-corrected chi connectivity index (χ1v) is 11.4. The number of carbonyl (C=O) groups is 1. The maximum atomic E-state index is 12.8. The molecule has 0 atom stereocenters. The van der Waals surface area contributed by atoms with Crippen molar-refractivity contribution in [3.63, 3.8) is 0 Å². The van der Waals surface area contributed by atoms with Gasteiger partial charge < -0.3 is 19.1 Å². The van der Waals surface area contributed by atoms with Crippen molar-refractivity contribution in [2.75, 3.05) is 38.2 Å². The minimum Gasteiger partial charge on any atom is -0.497 e. The van der Waals surface area contributed by atoms with Gasteiger partial charge in [0.25, 0.3) is 0 Å². The summed E-state index contributed by atoms with van der Waals surface area (Å²) in [5.41, 5.74) is 0.0405. The van der Waals surface area contributed by atoms with Crippen molar-refractivity contribution in [2.24, 2.45) is 0 Å². The highest BCUT2D eigenvalue weighted by atomic mass is 19.4. The van der Waals surface area contributed by atoms with E-state index < -0.39 is 11.7 Å². The lowest BCUT2D eigenvalue weighted by atomic mass is 10.2. The molecule has 186 valence electrons. The number of anilines is 1. The van der Waals surface area contributed by atoms with Crippen LogP contribution in [0, 0.1) is 0 Å². The number of halogens is 3. The summed E-state index contributed by atoms with van der Waals surface area (Å²) >= 11 is 0. The molecule has 0 spiro atoms. The largest absolute Gasteiger partial charge is 0.497 e. The second-order valence-corrected chi connectivity index (χ2v) is 8.22. The first-order chi connectivity index (χ1) is 16.8. The monoisotopic (exact) mass is 489 g/mol. The number of rotatable bonds is 7. The van der Waals surface area contributed by atoms with E-state index in [2.05, 4.69) is 15.1 Å². The number of nitrogens with zero attached hydrogens (tertiary/aromatic N) is 5. The second kappa shape index (κ2) is 10.7. The van der Waals surface area contributed by atoms with Crippen molar-refractivity contribution < 1.29 is 27.2 Å². The van der Waals surface area contributed by atoms with E-state index in [1.54, 1.807) is 12.0 Å². The van der Waals surface area contributed by atoms with Crippen molar-refractivity contribution in [1.29, 1.82) is 0 Å². The van der Waals surface area contributed by atoms with E-state index in [9.17, 15) is 18.0 Å². The van der Waals surface area contributed by atoms with Gasteiger partial charge in [0.1, 0.15) is 11.6 Å². The van der Waals surface area contributed by atoms with Gasteiger partial charge in [-0.05, 0) is 49.2 Å². The Morgan fingerprint density at radius 1 is 1.09 bits per heavy atom. The number of aryl methyl sites for hydroxylation is 1. The second-order valence-electron chi connectivity index (χ2n) is 8.22. The number of pyridine rings is 1. The zero-order valence-electron chi connectivity index (χ0n) is 19.3. The van der Waals surface area contributed by atoms with Crippen LogP contribution >= 0.6 is 0 Å². The maximum Gasteiger partial charge on any atom is 0.417 e. The van der Waals surface area contributed by atoms with Gasteiger partial charge in [-0.3, -0.25) is 4.79 Å². The molecule has 35 heavy (non-hydrogen) atoms. The summed E-state index contributed by atoms with van der Waals surface area (Å²) in [5.74, 6) is 2.21. The highest BCUT2D eigenvalue weighted by molar-refractivity contribution is 5.76. The zero-order chi connectivity index (χ0) is 24.8. The Kier molecular flexibility index (Phi) is 7.52. The predicted octanol–water partition coefficient (Wildman–Crippen LogP) is 4.22. The molecular weight excluding hydrogens is 463 g/mol. The molecule has 0 unspecified atom stereocenters. The van der Waals surface area contributed by atoms with Crippen LogP contribution in [0.15, 0.2) is 47.1 Å². The summed E-state index contributed by atoms with van der Waals surface area (Å²) < 4.78 is 48.8. The summed E-state index contributed by atoms with van der Waals surface area (Å²) in [6, 6.07) is 9.75. The van der Waals surface area contributed by atoms with Crippen molar-refractivity contribution >= 4 is 11.7 Å². The Hall–Kier alpha value is -3.63. The van der Waals surface area contributed by atoms with E-state index in [4.69, 9.17) is 9.26 Å². The molecule has 1 fully saturated rings. The molecule has 1 saturated heterocycles. The molecule has 0 saturated carbocycles. The first kappa shape index (κ1) is 24.5. The van der Waals surface area contributed by atoms with Crippen LogP contribution < -0.4 is 9.64 Å². The van der Waals surface area contributed by atoms with Crippen molar-refractivity contribution in [3.05, 3.63) is 54.0 Å². The Balaban J connectivity index is 1.24. The van der Waals surface area contributed by atoms with Crippen LogP contribution in [0.4, 0.5) is 19.0 Å². The van der Waals surface area contributed by atoms with E-state index in [0.717, 1.165) is 23.6 Å². The van der Waals surface area contributed by atoms with E-state index in [1.807, 2.05) is 29.2 Å². The van der Waals surface area contributed by atoms with E-state index in [1.165, 1.54) is 6.07 Å². The number of ether oxygens (including phenoxy) is 1. The van der Waals surface area contributed by atoms with Gasteiger partial charge in [0.05, 0.1) is 12.7 Å². The first-order valence-electron chi connectivity index (χ1n) is 11.4. The average molecular weight is 489 g/mol. The number of hydrogen-bond donors (Lipinski definition) is 0. The van der Waals surface area contributed by atoms with E-state index >= 15 is 0 Å². The quantitative estimate of drug-likeness (QED) is 0.491. The lowest BCUT2D eigenvalue weighted by molar-refractivity contribution is -0.137. The molecule has 0 radical (unpaired) electrons. The van der Waals surface area contributed by atoms with Crippen LogP contribution in [0.5, 0.6) is 5.75 Å². The Bertz CT molecular complexity index is 1120. The number of carbonyl (C=O) groups excluding carboxylic acids is 1. The molecular formula is C24H26F3N5O3. The van der Waals surface area contributed by atoms with Crippen LogP contribution in [-0.4, -0.2) is 59.2 Å². The van der Waals surface area contributed by atoms with Gasteiger partial charge in [0.15, 0.2) is 0 Å². The minimum atomic E-state index is -4.41. The van der Waals surface area contributed by atoms with E-state index in [-0.39, 0.29) is 5.91 Å². The van der Waals surface area contributed by atoms with Gasteiger partial charge in [-0.2, -0.15) is 18.2 Å². The molecule has 3 heterocycles. The maximum absolute atomic E-state index is 12.8. The number of amides is 1. The Morgan fingerprint density at radius 2 is 1.89 bits per heavy atom. The summed E-state index contributed by atoms with van der Waals surface area (Å²) in [5, 5.41) is 4.00. The molecule has 1 aromatic carbocycles. The summed E-state index contributed by atoms with van der Waals surface area (Å²) in [6.07, 6.45) is -1.44. The third-order valence-electron chi connectivity index (χ3n) is 5.85. The van der Waals surface area contributed by atoms with Gasteiger partial charge in [0, 0.05) is 50.8 Å². The predicted molar refractivity (Wildman–Crippen MR) is 122 cm³/mol.